The molecule has 2 aromatic heterocycles. The Labute approximate surface area is 88.1 Å². The van der Waals surface area contributed by atoms with Gasteiger partial charge >= 0.3 is 0 Å². The Morgan fingerprint density at radius 3 is 2.93 bits per heavy atom. The van der Waals surface area contributed by atoms with Crippen LogP contribution in [0.1, 0.15) is 29.9 Å². The van der Waals surface area contributed by atoms with Gasteiger partial charge in [-0.15, -0.1) is 0 Å². The lowest BCUT2D eigenvalue weighted by Gasteiger charge is -2.05. The van der Waals surface area contributed by atoms with Gasteiger partial charge in [0.05, 0.1) is 12.5 Å². The average molecular weight is 206 g/mol. The molecule has 2 heterocycles. The van der Waals surface area contributed by atoms with E-state index in [-0.39, 0.29) is 0 Å². The minimum absolute atomic E-state index is 0.589. The summed E-state index contributed by atoms with van der Waals surface area (Å²) in [6.45, 7) is 4.71. The maximum Gasteiger partial charge on any atom is 0.140 e. The number of aryl methyl sites for hydroxylation is 2. The Bertz CT molecular complexity index is 445. The van der Waals surface area contributed by atoms with Crippen LogP contribution in [0.3, 0.4) is 0 Å². The van der Waals surface area contributed by atoms with Crippen molar-refractivity contribution in [3.63, 3.8) is 0 Å². The summed E-state index contributed by atoms with van der Waals surface area (Å²) in [5.41, 5.74) is 1.71. The number of hydrogen-bond acceptors (Lipinski definition) is 3. The van der Waals surface area contributed by atoms with E-state index < -0.39 is 6.10 Å². The van der Waals surface area contributed by atoms with E-state index in [0.717, 1.165) is 17.7 Å². The van der Waals surface area contributed by atoms with Crippen LogP contribution in [0.5, 0.6) is 0 Å². The summed E-state index contributed by atoms with van der Waals surface area (Å²) in [5, 5.41) is 14.1. The lowest BCUT2D eigenvalue weighted by atomic mass is 10.1. The second-order valence-corrected chi connectivity index (χ2v) is 3.50. The van der Waals surface area contributed by atoms with Gasteiger partial charge in [0, 0.05) is 18.3 Å². The van der Waals surface area contributed by atoms with Crippen LogP contribution in [0.25, 0.3) is 0 Å². The van der Waals surface area contributed by atoms with Crippen molar-refractivity contribution in [3.8, 4) is 0 Å². The van der Waals surface area contributed by atoms with Crippen LogP contribution in [-0.4, -0.2) is 14.9 Å². The summed E-state index contributed by atoms with van der Waals surface area (Å²) in [6, 6.07) is 1.84. The highest BCUT2D eigenvalue weighted by atomic mass is 16.4. The molecule has 0 bridgehead atoms. The molecule has 1 N–H and O–H groups in total. The maximum atomic E-state index is 10.0. The van der Waals surface area contributed by atoms with Gasteiger partial charge in [0.2, 0.25) is 0 Å². The van der Waals surface area contributed by atoms with Crippen molar-refractivity contribution in [1.82, 2.24) is 9.78 Å². The molecule has 0 radical (unpaired) electrons. The summed E-state index contributed by atoms with van der Waals surface area (Å²) in [4.78, 5) is 0. The van der Waals surface area contributed by atoms with Gasteiger partial charge in [-0.1, -0.05) is 0 Å². The molecule has 0 saturated heterocycles. The number of furan rings is 1. The summed E-state index contributed by atoms with van der Waals surface area (Å²) >= 11 is 0. The van der Waals surface area contributed by atoms with E-state index >= 15 is 0 Å². The first-order valence-electron chi connectivity index (χ1n) is 4.96. The number of nitrogens with zero attached hydrogens (tertiary/aromatic N) is 2. The normalized spacial score (nSPS) is 13.0. The zero-order valence-corrected chi connectivity index (χ0v) is 8.84. The molecule has 4 heteroatoms. The molecule has 0 amide bonds. The van der Waals surface area contributed by atoms with Crippen LogP contribution in [-0.2, 0) is 6.54 Å². The summed E-state index contributed by atoms with van der Waals surface area (Å²) in [7, 11) is 0. The molecule has 2 rings (SSSR count). The molecule has 4 nitrogen and oxygen atoms in total. The quantitative estimate of drug-likeness (QED) is 0.834. The molecule has 15 heavy (non-hydrogen) atoms. The highest BCUT2D eigenvalue weighted by Gasteiger charge is 2.17. The number of aliphatic hydroxyl groups is 1. The lowest BCUT2D eigenvalue weighted by molar-refractivity contribution is 0.188. The third-order valence-electron chi connectivity index (χ3n) is 2.44. The number of hydrogen-bond donors (Lipinski definition) is 1. The van der Waals surface area contributed by atoms with Crippen molar-refractivity contribution >= 4 is 0 Å². The van der Waals surface area contributed by atoms with Crippen LogP contribution in [0.2, 0.25) is 0 Å². The molecule has 1 unspecified atom stereocenters. The fourth-order valence-electron chi connectivity index (χ4n) is 1.51. The smallest absolute Gasteiger partial charge is 0.140 e. The van der Waals surface area contributed by atoms with Gasteiger partial charge in [-0.3, -0.25) is 4.68 Å². The van der Waals surface area contributed by atoms with E-state index in [0.29, 0.717) is 5.76 Å². The zero-order valence-electron chi connectivity index (χ0n) is 8.84. The minimum atomic E-state index is -0.722. The number of aliphatic hydroxyl groups excluding tert-OH is 1. The average Bonchev–Trinajstić information content (AvgIpc) is 2.84. The van der Waals surface area contributed by atoms with Crippen LogP contribution in [0.15, 0.2) is 29.1 Å². The van der Waals surface area contributed by atoms with Crippen LogP contribution < -0.4 is 0 Å². The molecule has 2 aromatic rings. The highest BCUT2D eigenvalue weighted by molar-refractivity contribution is 5.25. The van der Waals surface area contributed by atoms with Gasteiger partial charge in [0.15, 0.2) is 0 Å². The van der Waals surface area contributed by atoms with Gasteiger partial charge < -0.3 is 9.52 Å². The summed E-state index contributed by atoms with van der Waals surface area (Å²) < 4.78 is 7.01. The first-order valence-corrected chi connectivity index (χ1v) is 4.96. The van der Waals surface area contributed by atoms with E-state index in [2.05, 4.69) is 5.10 Å². The van der Waals surface area contributed by atoms with E-state index in [1.54, 1.807) is 17.1 Å². The van der Waals surface area contributed by atoms with Crippen molar-refractivity contribution in [2.45, 2.75) is 26.5 Å². The second kappa shape index (κ2) is 3.90. The number of rotatable bonds is 3. The van der Waals surface area contributed by atoms with Gasteiger partial charge in [0.25, 0.3) is 0 Å². The monoisotopic (exact) mass is 206 g/mol. The molecule has 1 atom stereocenters. The Balaban J connectivity index is 2.28. The van der Waals surface area contributed by atoms with E-state index in [1.807, 2.05) is 26.1 Å². The van der Waals surface area contributed by atoms with Crippen molar-refractivity contribution < 1.29 is 9.52 Å². The predicted octanol–water partition coefficient (Wildman–Crippen LogP) is 1.89. The van der Waals surface area contributed by atoms with Gasteiger partial charge in [0.1, 0.15) is 11.9 Å². The van der Waals surface area contributed by atoms with Crippen molar-refractivity contribution in [1.29, 1.82) is 0 Å². The number of aromatic nitrogens is 2. The van der Waals surface area contributed by atoms with Gasteiger partial charge in [-0.25, -0.2) is 0 Å². The lowest BCUT2D eigenvalue weighted by Crippen LogP contribution is -1.98. The molecule has 0 aliphatic rings. The Morgan fingerprint density at radius 2 is 2.40 bits per heavy atom. The first-order chi connectivity index (χ1) is 7.22. The molecule has 0 fully saturated rings. The van der Waals surface area contributed by atoms with E-state index in [9.17, 15) is 5.11 Å². The molecule has 0 aliphatic heterocycles. The van der Waals surface area contributed by atoms with E-state index in [4.69, 9.17) is 4.42 Å². The molecule has 0 saturated carbocycles. The fourth-order valence-corrected chi connectivity index (χ4v) is 1.51. The third kappa shape index (κ3) is 1.80. The Kier molecular flexibility index (Phi) is 2.60. The van der Waals surface area contributed by atoms with Crippen molar-refractivity contribution in [2.24, 2.45) is 0 Å². The summed E-state index contributed by atoms with van der Waals surface area (Å²) in [6.07, 6.45) is 4.35. The van der Waals surface area contributed by atoms with Crippen LogP contribution in [0, 0.1) is 6.92 Å². The van der Waals surface area contributed by atoms with Gasteiger partial charge in [-0.2, -0.15) is 5.10 Å². The molecule has 0 aromatic carbocycles. The molecule has 0 aliphatic carbocycles. The Hall–Kier alpha value is -1.55. The van der Waals surface area contributed by atoms with Gasteiger partial charge in [-0.05, 0) is 25.5 Å². The molecule has 0 spiro atoms. The predicted molar refractivity (Wildman–Crippen MR) is 55.4 cm³/mol. The van der Waals surface area contributed by atoms with Crippen LogP contribution in [0.4, 0.5) is 0 Å². The second-order valence-electron chi connectivity index (χ2n) is 3.50. The van der Waals surface area contributed by atoms with Crippen LogP contribution >= 0.6 is 0 Å². The van der Waals surface area contributed by atoms with E-state index in [1.165, 1.54) is 0 Å². The largest absolute Gasteiger partial charge is 0.466 e. The zero-order chi connectivity index (χ0) is 10.8. The standard InChI is InChI=1S/C11H14N2O2/c1-3-13-7-9(6-12-13)10(14)11-8(2)4-5-15-11/h4-7,10,14H,3H2,1-2H3. The third-order valence-corrected chi connectivity index (χ3v) is 2.44. The molecular formula is C11H14N2O2. The SMILES string of the molecule is CCn1cc(C(O)c2occc2C)cn1. The first kappa shape index (κ1) is 9.98. The maximum absolute atomic E-state index is 10.0. The topological polar surface area (TPSA) is 51.2 Å². The molecule has 80 valence electrons. The molecular weight excluding hydrogens is 192 g/mol. The minimum Gasteiger partial charge on any atom is -0.466 e. The fraction of sp³-hybridized carbons (Fsp3) is 0.364. The summed E-state index contributed by atoms with van der Waals surface area (Å²) in [5.74, 6) is 0.589. The highest BCUT2D eigenvalue weighted by Crippen LogP contribution is 2.24. The van der Waals surface area contributed by atoms with Crippen molar-refractivity contribution in [2.75, 3.05) is 0 Å². The van der Waals surface area contributed by atoms with Crippen molar-refractivity contribution in [3.05, 3.63) is 41.6 Å². The Morgan fingerprint density at radius 1 is 1.60 bits per heavy atom.